The van der Waals surface area contributed by atoms with Crippen LogP contribution in [0.25, 0.3) is 11.3 Å². The van der Waals surface area contributed by atoms with Crippen molar-refractivity contribution in [2.75, 3.05) is 29.9 Å². The fourth-order valence-corrected chi connectivity index (χ4v) is 5.32. The molecule has 0 radical (unpaired) electrons. The topological polar surface area (TPSA) is 118 Å². The van der Waals surface area contributed by atoms with Gasteiger partial charge in [0.15, 0.2) is 0 Å². The van der Waals surface area contributed by atoms with Crippen LogP contribution in [0.1, 0.15) is 35.4 Å². The monoisotopic (exact) mass is 462 g/mol. The van der Waals surface area contributed by atoms with Gasteiger partial charge in [0, 0.05) is 43.8 Å². The first kappa shape index (κ1) is 21.8. The molecule has 1 saturated heterocycles. The third-order valence-electron chi connectivity index (χ3n) is 6.01. The van der Waals surface area contributed by atoms with E-state index in [-0.39, 0.29) is 0 Å². The summed E-state index contributed by atoms with van der Waals surface area (Å²) >= 11 is 0. The van der Waals surface area contributed by atoms with Gasteiger partial charge in [-0.05, 0) is 60.2 Å². The van der Waals surface area contributed by atoms with Crippen LogP contribution in [-0.2, 0) is 6.54 Å². The van der Waals surface area contributed by atoms with Gasteiger partial charge in [0.2, 0.25) is 0 Å². The molecule has 3 aromatic heterocycles. The van der Waals surface area contributed by atoms with E-state index in [2.05, 4.69) is 44.5 Å². The molecule has 170 valence electrons. The lowest BCUT2D eigenvalue weighted by molar-refractivity contribution is 0.278. The molecule has 3 aromatic rings. The van der Waals surface area contributed by atoms with Crippen LogP contribution in [0.2, 0.25) is 0 Å². The van der Waals surface area contributed by atoms with Gasteiger partial charge in [-0.3, -0.25) is 19.0 Å². The second kappa shape index (κ2) is 9.08. The minimum absolute atomic E-state index is 0.432. The summed E-state index contributed by atoms with van der Waals surface area (Å²) in [6.07, 6.45) is 7.65. The van der Waals surface area contributed by atoms with Crippen LogP contribution in [0.4, 0.5) is 11.6 Å². The van der Waals surface area contributed by atoms with Crippen molar-refractivity contribution in [3.63, 3.8) is 0 Å². The van der Waals surface area contributed by atoms with E-state index < -0.39 is 10.6 Å². The Kier molecular flexibility index (Phi) is 6.00. The Balaban J connectivity index is 1.39. The zero-order valence-corrected chi connectivity index (χ0v) is 19.0. The molecule has 0 spiro atoms. The third-order valence-corrected chi connectivity index (χ3v) is 7.68. The first-order chi connectivity index (χ1) is 16.0. The molecule has 8 nitrogen and oxygen atoms in total. The molecule has 33 heavy (non-hydrogen) atoms. The van der Waals surface area contributed by atoms with Gasteiger partial charge in [-0.15, -0.1) is 0 Å². The molecule has 1 aliphatic heterocycles. The van der Waals surface area contributed by atoms with E-state index in [0.717, 1.165) is 16.8 Å². The van der Waals surface area contributed by atoms with Crippen LogP contribution in [0.3, 0.4) is 0 Å². The van der Waals surface area contributed by atoms with E-state index in [0.29, 0.717) is 54.3 Å². The van der Waals surface area contributed by atoms with Gasteiger partial charge < -0.3 is 5.32 Å². The molecule has 0 atom stereocenters. The predicted molar refractivity (Wildman–Crippen MR) is 130 cm³/mol. The van der Waals surface area contributed by atoms with Crippen molar-refractivity contribution in [3.8, 4) is 17.3 Å². The van der Waals surface area contributed by atoms with Gasteiger partial charge in [-0.2, -0.15) is 15.9 Å². The molecule has 2 fully saturated rings. The normalized spacial score (nSPS) is 18.9. The zero-order chi connectivity index (χ0) is 22.8. The van der Waals surface area contributed by atoms with Gasteiger partial charge >= 0.3 is 0 Å². The summed E-state index contributed by atoms with van der Waals surface area (Å²) in [4.78, 5) is 15.8. The summed E-state index contributed by atoms with van der Waals surface area (Å²) in [5.41, 5.74) is 4.65. The smallest absolute Gasteiger partial charge is 0.132 e. The first-order valence-electron chi connectivity index (χ1n) is 11.0. The molecular weight excluding hydrogens is 436 g/mol. The average Bonchev–Trinajstić information content (AvgIpc) is 3.66. The van der Waals surface area contributed by atoms with Crippen molar-refractivity contribution in [3.05, 3.63) is 65.6 Å². The first-order valence-corrected chi connectivity index (χ1v) is 12.9. The molecule has 2 aliphatic rings. The minimum Gasteiger partial charge on any atom is -0.325 e. The molecule has 0 amide bonds. The Morgan fingerprint density at radius 3 is 2.67 bits per heavy atom. The van der Waals surface area contributed by atoms with Gasteiger partial charge in [-0.25, -0.2) is 9.97 Å². The number of pyridine rings is 3. The van der Waals surface area contributed by atoms with Crippen LogP contribution in [0.5, 0.6) is 0 Å². The number of aromatic nitrogens is 3. The molecule has 5 rings (SSSR count). The van der Waals surface area contributed by atoms with Gasteiger partial charge in [0.05, 0.1) is 28.8 Å². The van der Waals surface area contributed by atoms with Crippen LogP contribution < -0.4 is 5.32 Å². The molecule has 9 heteroatoms. The maximum Gasteiger partial charge on any atom is 0.132 e. The minimum atomic E-state index is -2.40. The van der Waals surface area contributed by atoms with E-state index in [4.69, 9.17) is 10.2 Å². The summed E-state index contributed by atoms with van der Waals surface area (Å²) in [6, 6.07) is 11.8. The Hall–Kier alpha value is -3.03. The van der Waals surface area contributed by atoms with E-state index in [1.807, 2.05) is 12.4 Å². The summed E-state index contributed by atoms with van der Waals surface area (Å²) in [7, 11) is -2.40. The van der Waals surface area contributed by atoms with Crippen molar-refractivity contribution in [2.24, 2.45) is 0 Å². The SMILES string of the molecule is N#Cc1ccnc(Nc2cc(C3CC3)cc(-c3cncc(CN4CCS(O)(O)CC4)c3)n2)c1. The molecule has 3 N–H and O–H groups in total. The lowest BCUT2D eigenvalue weighted by Crippen LogP contribution is -2.37. The molecule has 1 aliphatic carbocycles. The van der Waals surface area contributed by atoms with Gasteiger partial charge in [0.25, 0.3) is 0 Å². The second-order valence-electron chi connectivity index (χ2n) is 8.68. The molecular formula is C24H26N6O2S. The quantitative estimate of drug-likeness (QED) is 0.486. The Labute approximate surface area is 194 Å². The van der Waals surface area contributed by atoms with Gasteiger partial charge in [-0.1, -0.05) is 0 Å². The van der Waals surface area contributed by atoms with Crippen molar-refractivity contribution < 1.29 is 9.11 Å². The number of nitrogens with zero attached hydrogens (tertiary/aromatic N) is 5. The van der Waals surface area contributed by atoms with E-state index in [9.17, 15) is 9.11 Å². The highest BCUT2D eigenvalue weighted by Crippen LogP contribution is 2.42. The van der Waals surface area contributed by atoms with Crippen LogP contribution in [-0.4, -0.2) is 53.6 Å². The maximum absolute atomic E-state index is 9.85. The third kappa shape index (κ3) is 5.49. The molecule has 4 heterocycles. The summed E-state index contributed by atoms with van der Waals surface area (Å²) in [5.74, 6) is 2.70. The van der Waals surface area contributed by atoms with E-state index in [1.165, 1.54) is 18.4 Å². The maximum atomic E-state index is 9.85. The van der Waals surface area contributed by atoms with Crippen molar-refractivity contribution in [1.29, 1.82) is 5.26 Å². The van der Waals surface area contributed by atoms with E-state index in [1.54, 1.807) is 18.3 Å². The largest absolute Gasteiger partial charge is 0.325 e. The summed E-state index contributed by atoms with van der Waals surface area (Å²) in [6.45, 7) is 2.06. The zero-order valence-electron chi connectivity index (χ0n) is 18.2. The highest BCUT2D eigenvalue weighted by molar-refractivity contribution is 8.24. The Morgan fingerprint density at radius 2 is 1.91 bits per heavy atom. The van der Waals surface area contributed by atoms with Crippen molar-refractivity contribution in [1.82, 2.24) is 19.9 Å². The lowest BCUT2D eigenvalue weighted by Gasteiger charge is -2.40. The van der Waals surface area contributed by atoms with E-state index >= 15 is 0 Å². The lowest BCUT2D eigenvalue weighted by atomic mass is 10.1. The van der Waals surface area contributed by atoms with Gasteiger partial charge in [0.1, 0.15) is 11.6 Å². The van der Waals surface area contributed by atoms with Crippen molar-refractivity contribution >= 4 is 22.2 Å². The molecule has 0 unspecified atom stereocenters. The molecule has 0 aromatic carbocycles. The fourth-order valence-electron chi connectivity index (χ4n) is 4.01. The molecule has 1 saturated carbocycles. The summed E-state index contributed by atoms with van der Waals surface area (Å²) < 4.78 is 19.7. The average molecular weight is 463 g/mol. The van der Waals surface area contributed by atoms with Crippen LogP contribution in [0.15, 0.2) is 48.9 Å². The number of nitrogens with one attached hydrogen (secondary N) is 1. The van der Waals surface area contributed by atoms with Crippen molar-refractivity contribution in [2.45, 2.75) is 25.3 Å². The number of hydrogen-bond donors (Lipinski definition) is 3. The fraction of sp³-hybridized carbons (Fsp3) is 0.333. The Morgan fingerprint density at radius 1 is 1.09 bits per heavy atom. The number of hydrogen-bond acceptors (Lipinski definition) is 8. The van der Waals surface area contributed by atoms with Crippen LogP contribution in [0, 0.1) is 11.3 Å². The van der Waals surface area contributed by atoms with Crippen LogP contribution >= 0.6 is 10.6 Å². The Bertz CT molecular complexity index is 1200. The standard InChI is InChI=1S/C24H26N6O2S/c25-13-17-3-4-27-23(10-17)29-24-12-20(19-1-2-19)11-22(28-24)21-9-18(14-26-15-21)16-30-5-7-33(31,32)8-6-30/h3-4,9-12,14-15,19,31-32H,1-2,5-8,16H2,(H,27,28,29). The second-order valence-corrected chi connectivity index (χ2v) is 11.1. The number of anilines is 2. The highest BCUT2D eigenvalue weighted by Gasteiger charge is 2.25. The molecule has 0 bridgehead atoms. The number of rotatable bonds is 6. The number of nitriles is 1. The predicted octanol–water partition coefficient (Wildman–Crippen LogP) is 4.60. The highest BCUT2D eigenvalue weighted by atomic mass is 32.3. The summed E-state index contributed by atoms with van der Waals surface area (Å²) in [5, 5.41) is 12.4.